The van der Waals surface area contributed by atoms with E-state index in [2.05, 4.69) is 39.4 Å². The molecule has 0 fully saturated rings. The van der Waals surface area contributed by atoms with Crippen molar-refractivity contribution in [1.82, 2.24) is 24.8 Å². The first-order valence-electron chi connectivity index (χ1n) is 12.2. The number of anilines is 1. The molecule has 3 heterocycles. The second-order valence-corrected chi connectivity index (χ2v) is 7.97. The minimum atomic E-state index is -0.198. The van der Waals surface area contributed by atoms with Crippen molar-refractivity contribution in [3.8, 4) is 17.0 Å². The highest BCUT2D eigenvalue weighted by molar-refractivity contribution is 5.78. The number of methoxy groups -OCH3 is 1. The van der Waals surface area contributed by atoms with E-state index in [1.54, 1.807) is 30.1 Å². The van der Waals surface area contributed by atoms with Gasteiger partial charge in [0.15, 0.2) is 11.5 Å². The average Bonchev–Trinajstić information content (AvgIpc) is 2.89. The molecule has 0 radical (unpaired) electrons. The third-order valence-electron chi connectivity index (χ3n) is 5.26. The van der Waals surface area contributed by atoms with Crippen molar-refractivity contribution in [2.24, 2.45) is 0 Å². The fraction of sp³-hybridized carbons (Fsp3) is 0.520. The Labute approximate surface area is 206 Å². The number of hydrogen-bond acceptors (Lipinski definition) is 9. The summed E-state index contributed by atoms with van der Waals surface area (Å²) in [6.45, 7) is 9.07. The third-order valence-corrected chi connectivity index (χ3v) is 5.26. The average molecular weight is 485 g/mol. The lowest BCUT2D eigenvalue weighted by atomic mass is 10.1. The van der Waals surface area contributed by atoms with Gasteiger partial charge in [-0.1, -0.05) is 13.8 Å². The zero-order valence-electron chi connectivity index (χ0n) is 20.9. The Morgan fingerprint density at radius 2 is 1.69 bits per heavy atom. The first-order chi connectivity index (χ1) is 17.2. The highest BCUT2D eigenvalue weighted by atomic mass is 16.5. The van der Waals surface area contributed by atoms with Crippen molar-refractivity contribution >= 4 is 17.0 Å². The molecule has 0 bridgehead atoms. The van der Waals surface area contributed by atoms with Crippen molar-refractivity contribution in [3.63, 3.8) is 0 Å². The maximum atomic E-state index is 13.3. The summed E-state index contributed by atoms with van der Waals surface area (Å²) in [5.74, 6) is 0.816. The Hall–Kier alpha value is -3.08. The van der Waals surface area contributed by atoms with E-state index >= 15 is 0 Å². The van der Waals surface area contributed by atoms with Crippen LogP contribution >= 0.6 is 0 Å². The van der Waals surface area contributed by atoms with Crippen LogP contribution in [0.5, 0.6) is 5.88 Å². The predicted octanol–water partition coefficient (Wildman–Crippen LogP) is 2.72. The number of fused-ring (bicyclic) bond motifs is 1. The number of hydrogen-bond donors (Lipinski definition) is 2. The second kappa shape index (κ2) is 14.3. The lowest BCUT2D eigenvalue weighted by molar-refractivity contribution is 0.127. The Morgan fingerprint density at radius 1 is 0.914 bits per heavy atom. The van der Waals surface area contributed by atoms with Gasteiger partial charge in [-0.25, -0.2) is 15.0 Å². The summed E-state index contributed by atoms with van der Waals surface area (Å²) in [6.07, 6.45) is 5.39. The Bertz CT molecular complexity index is 1100. The predicted molar refractivity (Wildman–Crippen MR) is 137 cm³/mol. The highest BCUT2D eigenvalue weighted by Gasteiger charge is 2.13. The number of aromatic nitrogens is 4. The zero-order chi connectivity index (χ0) is 24.9. The van der Waals surface area contributed by atoms with E-state index in [-0.39, 0.29) is 11.4 Å². The van der Waals surface area contributed by atoms with E-state index in [1.807, 2.05) is 12.1 Å². The van der Waals surface area contributed by atoms with E-state index in [4.69, 9.17) is 14.2 Å². The van der Waals surface area contributed by atoms with Crippen LogP contribution in [0.4, 0.5) is 5.82 Å². The van der Waals surface area contributed by atoms with Crippen molar-refractivity contribution < 1.29 is 14.2 Å². The molecular formula is C25H36N6O4. The van der Waals surface area contributed by atoms with Crippen LogP contribution in [0.25, 0.3) is 22.3 Å². The number of rotatable bonds is 16. The third kappa shape index (κ3) is 7.71. The SMILES string of the molecule is CCCOCCNCCNc1nc2ncc(-c3ccc(OC)nc3)cc2n(CCOCCC)c1=O. The van der Waals surface area contributed by atoms with Gasteiger partial charge >= 0.3 is 0 Å². The van der Waals surface area contributed by atoms with Crippen molar-refractivity contribution in [1.29, 1.82) is 0 Å². The standard InChI is InChI=1S/C25H36N6O4/c1-4-12-34-14-10-26-8-9-27-24-25(32)31(11-15-35-13-5-2)21-16-20(18-29-23(21)30-24)19-6-7-22(33-3)28-17-19/h6-7,16-18,26H,4-5,8-15H2,1-3H3,(H,27,29,30). The molecule has 0 spiro atoms. The Balaban J connectivity index is 1.79. The van der Waals surface area contributed by atoms with Crippen LogP contribution in [0.1, 0.15) is 26.7 Å². The number of ether oxygens (including phenoxy) is 3. The van der Waals surface area contributed by atoms with Crippen LogP contribution in [-0.4, -0.2) is 72.7 Å². The molecule has 3 aromatic rings. The summed E-state index contributed by atoms with van der Waals surface area (Å²) in [5, 5.41) is 6.45. The summed E-state index contributed by atoms with van der Waals surface area (Å²) in [5.41, 5.74) is 2.66. The van der Waals surface area contributed by atoms with E-state index in [9.17, 15) is 4.79 Å². The summed E-state index contributed by atoms with van der Waals surface area (Å²) < 4.78 is 17.9. The maximum Gasteiger partial charge on any atom is 0.293 e. The number of pyridine rings is 2. The van der Waals surface area contributed by atoms with Gasteiger partial charge in [-0.2, -0.15) is 0 Å². The summed E-state index contributed by atoms with van der Waals surface area (Å²) in [6, 6.07) is 5.62. The molecule has 2 N–H and O–H groups in total. The van der Waals surface area contributed by atoms with Gasteiger partial charge in [0.05, 0.1) is 25.8 Å². The Morgan fingerprint density at radius 3 is 2.40 bits per heavy atom. The number of nitrogens with zero attached hydrogens (tertiary/aromatic N) is 4. The molecule has 0 aromatic carbocycles. The molecule has 0 aliphatic rings. The molecule has 3 rings (SSSR count). The monoisotopic (exact) mass is 484 g/mol. The molecule has 0 amide bonds. The van der Waals surface area contributed by atoms with Gasteiger partial charge in [-0.05, 0) is 25.0 Å². The lowest BCUT2D eigenvalue weighted by Crippen LogP contribution is -2.31. The fourth-order valence-corrected chi connectivity index (χ4v) is 3.48. The van der Waals surface area contributed by atoms with Gasteiger partial charge in [-0.15, -0.1) is 0 Å². The minimum absolute atomic E-state index is 0.198. The molecule has 35 heavy (non-hydrogen) atoms. The second-order valence-electron chi connectivity index (χ2n) is 7.97. The van der Waals surface area contributed by atoms with E-state index < -0.39 is 0 Å². The minimum Gasteiger partial charge on any atom is -0.481 e. The topological polar surface area (TPSA) is 112 Å². The van der Waals surface area contributed by atoms with Crippen molar-refractivity contribution in [3.05, 3.63) is 40.9 Å². The summed E-state index contributed by atoms with van der Waals surface area (Å²) >= 11 is 0. The van der Waals surface area contributed by atoms with Gasteiger partial charge in [0, 0.05) is 69.0 Å². The summed E-state index contributed by atoms with van der Waals surface area (Å²) in [7, 11) is 1.58. The van der Waals surface area contributed by atoms with Crippen molar-refractivity contribution in [2.75, 3.05) is 58.5 Å². The first kappa shape index (κ1) is 26.5. The van der Waals surface area contributed by atoms with E-state index in [0.717, 1.165) is 37.1 Å². The van der Waals surface area contributed by atoms with Gasteiger partial charge < -0.3 is 24.8 Å². The van der Waals surface area contributed by atoms with Crippen LogP contribution < -0.4 is 20.9 Å². The largest absolute Gasteiger partial charge is 0.481 e. The molecule has 0 atom stereocenters. The van der Waals surface area contributed by atoms with Gasteiger partial charge in [0.2, 0.25) is 5.88 Å². The van der Waals surface area contributed by atoms with E-state index in [0.29, 0.717) is 56.5 Å². The van der Waals surface area contributed by atoms with Crippen LogP contribution in [0.2, 0.25) is 0 Å². The Kier molecular flexibility index (Phi) is 10.9. The molecule has 0 aliphatic carbocycles. The van der Waals surface area contributed by atoms with Crippen LogP contribution in [-0.2, 0) is 16.0 Å². The zero-order valence-corrected chi connectivity index (χ0v) is 20.9. The highest BCUT2D eigenvalue weighted by Crippen LogP contribution is 2.23. The normalized spacial score (nSPS) is 11.2. The molecule has 10 nitrogen and oxygen atoms in total. The number of nitrogens with one attached hydrogen (secondary N) is 2. The molecular weight excluding hydrogens is 448 g/mol. The first-order valence-corrected chi connectivity index (χ1v) is 12.2. The lowest BCUT2D eigenvalue weighted by Gasteiger charge is -2.14. The quantitative estimate of drug-likeness (QED) is 0.296. The molecule has 190 valence electrons. The van der Waals surface area contributed by atoms with E-state index in [1.165, 1.54) is 0 Å². The maximum absolute atomic E-state index is 13.3. The van der Waals surface area contributed by atoms with Gasteiger partial charge in [-0.3, -0.25) is 9.36 Å². The van der Waals surface area contributed by atoms with Crippen LogP contribution in [0, 0.1) is 0 Å². The fourth-order valence-electron chi connectivity index (χ4n) is 3.48. The molecule has 3 aromatic heterocycles. The van der Waals surface area contributed by atoms with Crippen LogP contribution in [0.15, 0.2) is 35.4 Å². The van der Waals surface area contributed by atoms with Crippen LogP contribution in [0.3, 0.4) is 0 Å². The molecule has 10 heteroatoms. The van der Waals surface area contributed by atoms with Gasteiger partial charge in [0.1, 0.15) is 0 Å². The smallest absolute Gasteiger partial charge is 0.293 e. The molecule has 0 unspecified atom stereocenters. The molecule has 0 aliphatic heterocycles. The summed E-state index contributed by atoms with van der Waals surface area (Å²) in [4.78, 5) is 26.6. The van der Waals surface area contributed by atoms with Crippen molar-refractivity contribution in [2.45, 2.75) is 33.2 Å². The van der Waals surface area contributed by atoms with Gasteiger partial charge in [0.25, 0.3) is 5.56 Å². The molecule has 0 saturated heterocycles. The molecule has 0 saturated carbocycles.